The second kappa shape index (κ2) is 6.96. The number of unbranched alkanes of at least 4 members (excludes halogenated alkanes) is 1. The first-order valence-corrected chi connectivity index (χ1v) is 8.44. The van der Waals surface area contributed by atoms with Gasteiger partial charge in [-0.25, -0.2) is 4.79 Å². The summed E-state index contributed by atoms with van der Waals surface area (Å²) in [7, 11) is 0. The Morgan fingerprint density at radius 2 is 2.06 bits per heavy atom. The molecule has 0 bridgehead atoms. The molecule has 1 rings (SSSR count). The lowest BCUT2D eigenvalue weighted by atomic mass is 9.76. The van der Waals surface area contributed by atoms with Gasteiger partial charge in [0.2, 0.25) is 0 Å². The van der Waals surface area contributed by atoms with E-state index in [0.717, 1.165) is 12.8 Å². The van der Waals surface area contributed by atoms with Crippen molar-refractivity contribution in [1.29, 1.82) is 0 Å². The molecule has 1 aliphatic heterocycles. The van der Waals surface area contributed by atoms with Gasteiger partial charge >= 0.3 is 6.09 Å². The van der Waals surface area contributed by atoms with E-state index in [1.807, 2.05) is 0 Å². The predicted octanol–water partition coefficient (Wildman–Crippen LogP) is 4.40. The molecule has 0 aromatic heterocycles. The smallest absolute Gasteiger partial charge is 0.407 e. The zero-order valence-corrected chi connectivity index (χ0v) is 13.9. The number of halogens is 1. The Morgan fingerprint density at radius 1 is 1.39 bits per heavy atom. The summed E-state index contributed by atoms with van der Waals surface area (Å²) in [6, 6.07) is 0.174. The molecule has 0 aromatic rings. The molecule has 0 saturated carbocycles. The third-order valence-electron chi connectivity index (χ3n) is 3.95. The number of alkyl halides is 1. The molecule has 3 nitrogen and oxygen atoms in total. The molecule has 18 heavy (non-hydrogen) atoms. The van der Waals surface area contributed by atoms with E-state index in [1.54, 1.807) is 4.90 Å². The van der Waals surface area contributed by atoms with E-state index in [9.17, 15) is 9.90 Å². The van der Waals surface area contributed by atoms with E-state index in [2.05, 4.69) is 43.4 Å². The van der Waals surface area contributed by atoms with Crippen LogP contribution < -0.4 is 0 Å². The van der Waals surface area contributed by atoms with Crippen LogP contribution in [-0.4, -0.2) is 33.1 Å². The molecule has 0 aliphatic carbocycles. The molecule has 1 amide bonds. The molecule has 2 atom stereocenters. The summed E-state index contributed by atoms with van der Waals surface area (Å²) in [5.74, 6) is 0.716. The Balaban J connectivity index is 2.59. The van der Waals surface area contributed by atoms with Crippen LogP contribution in [0.2, 0.25) is 0 Å². The van der Waals surface area contributed by atoms with Gasteiger partial charge in [0.1, 0.15) is 0 Å². The number of carboxylic acid groups (broad SMARTS) is 1. The molecule has 0 aromatic carbocycles. The van der Waals surface area contributed by atoms with Crippen LogP contribution in [0, 0.1) is 11.3 Å². The van der Waals surface area contributed by atoms with Crippen molar-refractivity contribution < 1.29 is 9.90 Å². The number of amides is 1. The lowest BCUT2D eigenvalue weighted by molar-refractivity contribution is 0.0386. The molecular formula is C14H26INO2. The van der Waals surface area contributed by atoms with Crippen molar-refractivity contribution in [2.45, 2.75) is 58.9 Å². The Bertz CT molecular complexity index is 275. The quantitative estimate of drug-likeness (QED) is 0.455. The van der Waals surface area contributed by atoms with Crippen LogP contribution in [-0.2, 0) is 0 Å². The first-order valence-electron chi connectivity index (χ1n) is 6.91. The first kappa shape index (κ1) is 16.1. The van der Waals surface area contributed by atoms with Gasteiger partial charge in [0.05, 0.1) is 0 Å². The molecule has 1 saturated heterocycles. The number of likely N-dealkylation sites (tertiary alicyclic amines) is 1. The molecule has 1 N–H and O–H groups in total. The zero-order chi connectivity index (χ0) is 13.8. The Kier molecular flexibility index (Phi) is 6.21. The maximum absolute atomic E-state index is 11.3. The van der Waals surface area contributed by atoms with Gasteiger partial charge in [0.25, 0.3) is 0 Å². The molecule has 2 unspecified atom stereocenters. The van der Waals surface area contributed by atoms with Crippen LogP contribution in [0.3, 0.4) is 0 Å². The van der Waals surface area contributed by atoms with Crippen molar-refractivity contribution in [1.82, 2.24) is 4.90 Å². The highest BCUT2D eigenvalue weighted by Gasteiger charge is 2.38. The van der Waals surface area contributed by atoms with E-state index in [4.69, 9.17) is 0 Å². The largest absolute Gasteiger partial charge is 0.465 e. The number of piperidine rings is 1. The summed E-state index contributed by atoms with van der Waals surface area (Å²) >= 11 is 2.42. The fraction of sp³-hybridized carbons (Fsp3) is 0.929. The number of hydrogen-bond acceptors (Lipinski definition) is 1. The third-order valence-corrected chi connectivity index (χ3v) is 4.72. The van der Waals surface area contributed by atoms with Crippen LogP contribution in [0.15, 0.2) is 0 Å². The lowest BCUT2D eigenvalue weighted by Gasteiger charge is -2.44. The highest BCUT2D eigenvalue weighted by molar-refractivity contribution is 14.1. The minimum Gasteiger partial charge on any atom is -0.465 e. The third kappa shape index (κ3) is 4.59. The van der Waals surface area contributed by atoms with Crippen LogP contribution in [0.1, 0.15) is 52.9 Å². The van der Waals surface area contributed by atoms with Crippen molar-refractivity contribution in [3.63, 3.8) is 0 Å². The summed E-state index contributed by atoms with van der Waals surface area (Å²) < 4.78 is 1.23. The minimum atomic E-state index is -0.749. The second-order valence-corrected chi connectivity index (χ2v) is 7.51. The maximum atomic E-state index is 11.3. The standard InChI is InChI=1S/C14H26INO2/c1-14(2,3)12-10-11(6-4-5-8-15)7-9-16(12)13(17)18/h11-12H,4-10H2,1-3H3,(H,17,18). The molecule has 0 spiro atoms. The zero-order valence-electron chi connectivity index (χ0n) is 11.8. The van der Waals surface area contributed by atoms with Gasteiger partial charge in [-0.05, 0) is 35.0 Å². The Morgan fingerprint density at radius 3 is 2.56 bits per heavy atom. The predicted molar refractivity (Wildman–Crippen MR) is 83.4 cm³/mol. The van der Waals surface area contributed by atoms with Crippen molar-refractivity contribution >= 4 is 28.7 Å². The summed E-state index contributed by atoms with van der Waals surface area (Å²) in [4.78, 5) is 13.0. The number of carbonyl (C=O) groups is 1. The van der Waals surface area contributed by atoms with E-state index < -0.39 is 6.09 Å². The van der Waals surface area contributed by atoms with Gasteiger partial charge in [0, 0.05) is 12.6 Å². The van der Waals surface area contributed by atoms with Crippen LogP contribution in [0.25, 0.3) is 0 Å². The van der Waals surface area contributed by atoms with Crippen molar-refractivity contribution in [2.24, 2.45) is 11.3 Å². The maximum Gasteiger partial charge on any atom is 0.407 e. The molecule has 1 aliphatic rings. The van der Waals surface area contributed by atoms with Crippen molar-refractivity contribution in [2.75, 3.05) is 11.0 Å². The summed E-state index contributed by atoms with van der Waals surface area (Å²) in [5.41, 5.74) is 0.0420. The highest BCUT2D eigenvalue weighted by Crippen LogP contribution is 2.36. The molecule has 4 heteroatoms. The minimum absolute atomic E-state index is 0.0420. The van der Waals surface area contributed by atoms with E-state index >= 15 is 0 Å². The van der Waals surface area contributed by atoms with Gasteiger partial charge in [-0.15, -0.1) is 0 Å². The normalized spacial score (nSPS) is 25.2. The van der Waals surface area contributed by atoms with Gasteiger partial charge < -0.3 is 10.0 Å². The number of hydrogen-bond donors (Lipinski definition) is 1. The van der Waals surface area contributed by atoms with E-state index in [1.165, 1.54) is 23.7 Å². The Labute approximate surface area is 124 Å². The van der Waals surface area contributed by atoms with Crippen LogP contribution in [0.5, 0.6) is 0 Å². The second-order valence-electron chi connectivity index (χ2n) is 6.43. The van der Waals surface area contributed by atoms with E-state index in [-0.39, 0.29) is 11.5 Å². The summed E-state index contributed by atoms with van der Waals surface area (Å²) in [6.07, 6.45) is 5.18. The molecule has 1 fully saturated rings. The molecule has 106 valence electrons. The molecular weight excluding hydrogens is 341 g/mol. The SMILES string of the molecule is CC(C)(C)C1CC(CCCCI)CCN1C(=O)O. The van der Waals surface area contributed by atoms with Gasteiger partial charge in [-0.2, -0.15) is 0 Å². The fourth-order valence-electron chi connectivity index (χ4n) is 2.88. The topological polar surface area (TPSA) is 40.5 Å². The Hall–Kier alpha value is 0. The molecule has 0 radical (unpaired) electrons. The number of rotatable bonds is 4. The van der Waals surface area contributed by atoms with Crippen molar-refractivity contribution in [3.05, 3.63) is 0 Å². The number of nitrogens with zero attached hydrogens (tertiary/aromatic N) is 1. The average Bonchev–Trinajstić information content (AvgIpc) is 2.28. The average molecular weight is 367 g/mol. The highest BCUT2D eigenvalue weighted by atomic mass is 127. The fourth-order valence-corrected chi connectivity index (χ4v) is 3.42. The lowest BCUT2D eigenvalue weighted by Crippen LogP contribution is -2.51. The first-order chi connectivity index (χ1) is 8.36. The summed E-state index contributed by atoms with van der Waals surface area (Å²) in [5, 5.41) is 9.30. The van der Waals surface area contributed by atoms with Gasteiger partial charge in [-0.3, -0.25) is 0 Å². The van der Waals surface area contributed by atoms with Crippen LogP contribution in [0.4, 0.5) is 4.79 Å². The summed E-state index contributed by atoms with van der Waals surface area (Å²) in [6.45, 7) is 7.18. The monoisotopic (exact) mass is 367 g/mol. The van der Waals surface area contributed by atoms with E-state index in [0.29, 0.717) is 12.5 Å². The molecule has 1 heterocycles. The van der Waals surface area contributed by atoms with Gasteiger partial charge in [-0.1, -0.05) is 56.2 Å². The van der Waals surface area contributed by atoms with Crippen LogP contribution >= 0.6 is 22.6 Å². The van der Waals surface area contributed by atoms with Gasteiger partial charge in [0.15, 0.2) is 0 Å². The van der Waals surface area contributed by atoms with Crippen molar-refractivity contribution in [3.8, 4) is 0 Å².